The van der Waals surface area contributed by atoms with Crippen LogP contribution in [-0.2, 0) is 9.59 Å². The summed E-state index contributed by atoms with van der Waals surface area (Å²) in [6.07, 6.45) is 0. The highest BCUT2D eigenvalue weighted by atomic mass is 16.5. The van der Waals surface area contributed by atoms with E-state index in [9.17, 15) is 9.59 Å². The van der Waals surface area contributed by atoms with E-state index in [0.29, 0.717) is 0 Å². The lowest BCUT2D eigenvalue weighted by molar-refractivity contribution is -0.123. The van der Waals surface area contributed by atoms with Gasteiger partial charge >= 0.3 is 0 Å². The number of nitrogens with zero attached hydrogens (tertiary/aromatic N) is 1. The number of nitrogens with one attached hydrogen (secondary N) is 2. The number of para-hydroxylation sites is 1. The van der Waals surface area contributed by atoms with Gasteiger partial charge < -0.3 is 15.4 Å². The number of hydrogen-bond acceptors (Lipinski definition) is 4. The third-order valence-corrected chi connectivity index (χ3v) is 4.15. The number of anilines is 1. The average Bonchev–Trinajstić information content (AvgIpc) is 2.63. The summed E-state index contributed by atoms with van der Waals surface area (Å²) in [5.41, 5.74) is 2.78. The van der Waals surface area contributed by atoms with Gasteiger partial charge in [0.1, 0.15) is 5.75 Å². The Morgan fingerprint density at radius 3 is 2.33 bits per heavy atom. The largest absolute Gasteiger partial charge is 0.496 e. The minimum absolute atomic E-state index is 0.126. The quantitative estimate of drug-likeness (QED) is 0.751. The van der Waals surface area contributed by atoms with Crippen molar-refractivity contribution in [3.05, 3.63) is 59.7 Å². The van der Waals surface area contributed by atoms with Crippen molar-refractivity contribution in [2.45, 2.75) is 19.9 Å². The second kappa shape index (κ2) is 9.73. The van der Waals surface area contributed by atoms with Crippen LogP contribution < -0.4 is 15.4 Å². The number of ether oxygens (including phenoxy) is 1. The molecule has 6 heteroatoms. The van der Waals surface area contributed by atoms with Crippen molar-refractivity contribution < 1.29 is 14.3 Å². The number of methoxy groups -OCH3 is 1. The van der Waals surface area contributed by atoms with E-state index in [1.165, 1.54) is 0 Å². The topological polar surface area (TPSA) is 70.7 Å². The molecule has 0 heterocycles. The van der Waals surface area contributed by atoms with E-state index in [4.69, 9.17) is 4.74 Å². The Kier molecular flexibility index (Phi) is 7.37. The van der Waals surface area contributed by atoms with Gasteiger partial charge in [0.15, 0.2) is 0 Å². The first-order valence-electron chi connectivity index (χ1n) is 8.86. The molecule has 2 N–H and O–H groups in total. The third-order valence-electron chi connectivity index (χ3n) is 4.15. The molecule has 2 amide bonds. The van der Waals surface area contributed by atoms with Crippen LogP contribution in [0.1, 0.15) is 24.1 Å². The molecule has 0 bridgehead atoms. The lowest BCUT2D eigenvalue weighted by atomic mass is 10.1. The van der Waals surface area contributed by atoms with Crippen molar-refractivity contribution >= 4 is 17.5 Å². The van der Waals surface area contributed by atoms with Crippen molar-refractivity contribution in [3.8, 4) is 5.75 Å². The number of hydrogen-bond donors (Lipinski definition) is 2. The van der Waals surface area contributed by atoms with E-state index in [0.717, 1.165) is 22.6 Å². The van der Waals surface area contributed by atoms with Crippen molar-refractivity contribution in [1.29, 1.82) is 0 Å². The molecule has 1 atom stereocenters. The molecule has 2 rings (SSSR count). The molecular weight excluding hydrogens is 342 g/mol. The summed E-state index contributed by atoms with van der Waals surface area (Å²) in [5, 5.41) is 5.76. The fourth-order valence-electron chi connectivity index (χ4n) is 2.77. The molecule has 0 aliphatic carbocycles. The lowest BCUT2D eigenvalue weighted by Crippen LogP contribution is -2.39. The molecule has 0 radical (unpaired) electrons. The number of rotatable bonds is 8. The summed E-state index contributed by atoms with van der Waals surface area (Å²) in [6.45, 7) is 4.15. The Morgan fingerprint density at radius 1 is 1.04 bits per heavy atom. The number of carbonyl (C=O) groups is 2. The average molecular weight is 369 g/mol. The van der Waals surface area contributed by atoms with Crippen LogP contribution in [0.4, 0.5) is 5.69 Å². The van der Waals surface area contributed by atoms with Crippen LogP contribution >= 0.6 is 0 Å². The maximum atomic E-state index is 12.3. The van der Waals surface area contributed by atoms with E-state index in [1.54, 1.807) is 19.1 Å². The van der Waals surface area contributed by atoms with Gasteiger partial charge in [-0.15, -0.1) is 0 Å². The number of amides is 2. The Morgan fingerprint density at radius 2 is 1.67 bits per heavy atom. The first-order valence-corrected chi connectivity index (χ1v) is 8.86. The molecule has 1 unspecified atom stereocenters. The van der Waals surface area contributed by atoms with Crippen molar-refractivity contribution in [2.24, 2.45) is 0 Å². The van der Waals surface area contributed by atoms with E-state index < -0.39 is 0 Å². The fourth-order valence-corrected chi connectivity index (χ4v) is 2.77. The van der Waals surface area contributed by atoms with E-state index >= 15 is 0 Å². The lowest BCUT2D eigenvalue weighted by Gasteiger charge is -2.20. The molecule has 0 saturated carbocycles. The smallest absolute Gasteiger partial charge is 0.238 e. The summed E-state index contributed by atoms with van der Waals surface area (Å²) in [6, 6.07) is 15.0. The molecule has 6 nitrogen and oxygen atoms in total. The van der Waals surface area contributed by atoms with Crippen LogP contribution in [0.15, 0.2) is 48.5 Å². The summed E-state index contributed by atoms with van der Waals surface area (Å²) in [4.78, 5) is 26.1. The normalized spacial score (nSPS) is 11.7. The first-order chi connectivity index (χ1) is 12.9. The first kappa shape index (κ1) is 20.5. The van der Waals surface area contributed by atoms with Gasteiger partial charge in [-0.2, -0.15) is 0 Å². The Balaban J connectivity index is 1.82. The molecule has 2 aromatic rings. The summed E-state index contributed by atoms with van der Waals surface area (Å²) in [7, 11) is 3.34. The zero-order valence-electron chi connectivity index (χ0n) is 16.3. The maximum Gasteiger partial charge on any atom is 0.238 e. The Labute approximate surface area is 160 Å². The second-order valence-electron chi connectivity index (χ2n) is 6.62. The van der Waals surface area contributed by atoms with Crippen molar-refractivity contribution in [3.63, 3.8) is 0 Å². The number of carbonyl (C=O) groups excluding carboxylic acids is 2. The summed E-state index contributed by atoms with van der Waals surface area (Å²) in [5.74, 6) is 0.419. The molecular formula is C21H27N3O3. The monoisotopic (exact) mass is 369 g/mol. The fraction of sp³-hybridized carbons (Fsp3) is 0.333. The van der Waals surface area contributed by atoms with Gasteiger partial charge in [0.2, 0.25) is 11.8 Å². The Hall–Kier alpha value is -2.86. The zero-order valence-corrected chi connectivity index (χ0v) is 16.3. The summed E-state index contributed by atoms with van der Waals surface area (Å²) >= 11 is 0. The van der Waals surface area contributed by atoms with Crippen LogP contribution in [0.2, 0.25) is 0 Å². The molecule has 2 aromatic carbocycles. The molecule has 0 aromatic heterocycles. The molecule has 0 aliphatic heterocycles. The second-order valence-corrected chi connectivity index (χ2v) is 6.62. The van der Waals surface area contributed by atoms with Crippen LogP contribution in [0, 0.1) is 6.92 Å². The highest BCUT2D eigenvalue weighted by Crippen LogP contribution is 2.24. The number of benzene rings is 2. The minimum Gasteiger partial charge on any atom is -0.496 e. The SMILES string of the molecule is COc1ccccc1C(C)NC(=O)CN(C)CC(=O)Nc1ccc(C)cc1. The van der Waals surface area contributed by atoms with Crippen LogP contribution in [0.25, 0.3) is 0 Å². The van der Waals surface area contributed by atoms with E-state index in [-0.39, 0.29) is 30.9 Å². The number of likely N-dealkylation sites (N-methyl/N-ethyl adjacent to an activating group) is 1. The molecule has 144 valence electrons. The van der Waals surface area contributed by atoms with Crippen molar-refractivity contribution in [1.82, 2.24) is 10.2 Å². The maximum absolute atomic E-state index is 12.3. The molecule has 27 heavy (non-hydrogen) atoms. The van der Waals surface area contributed by atoms with Gasteiger partial charge in [0, 0.05) is 11.3 Å². The standard InChI is InChI=1S/C21H27N3O3/c1-15-9-11-17(12-10-15)23-21(26)14-24(3)13-20(25)22-16(2)18-7-5-6-8-19(18)27-4/h5-12,16H,13-14H2,1-4H3,(H,22,25)(H,23,26). The minimum atomic E-state index is -0.191. The Bertz CT molecular complexity index is 774. The van der Waals surface area contributed by atoms with Gasteiger partial charge in [-0.3, -0.25) is 14.5 Å². The molecule has 0 spiro atoms. The van der Waals surface area contributed by atoms with E-state index in [1.807, 2.05) is 62.4 Å². The number of aryl methyl sites for hydroxylation is 1. The summed E-state index contributed by atoms with van der Waals surface area (Å²) < 4.78 is 5.33. The van der Waals surface area contributed by atoms with Gasteiger partial charge in [0.05, 0.1) is 26.2 Å². The van der Waals surface area contributed by atoms with Gasteiger partial charge in [-0.05, 0) is 39.1 Å². The predicted molar refractivity (Wildman–Crippen MR) is 107 cm³/mol. The highest BCUT2D eigenvalue weighted by molar-refractivity contribution is 5.92. The van der Waals surface area contributed by atoms with Gasteiger partial charge in [-0.1, -0.05) is 35.9 Å². The molecule has 0 aliphatic rings. The van der Waals surface area contributed by atoms with Crippen LogP contribution in [0.5, 0.6) is 5.75 Å². The van der Waals surface area contributed by atoms with Gasteiger partial charge in [-0.25, -0.2) is 0 Å². The van der Waals surface area contributed by atoms with E-state index in [2.05, 4.69) is 10.6 Å². The highest BCUT2D eigenvalue weighted by Gasteiger charge is 2.16. The van der Waals surface area contributed by atoms with Crippen LogP contribution in [0.3, 0.4) is 0 Å². The van der Waals surface area contributed by atoms with Gasteiger partial charge in [0.25, 0.3) is 0 Å². The van der Waals surface area contributed by atoms with Crippen molar-refractivity contribution in [2.75, 3.05) is 32.6 Å². The third kappa shape index (κ3) is 6.42. The molecule has 0 fully saturated rings. The predicted octanol–water partition coefficient (Wildman–Crippen LogP) is 2.75. The molecule has 0 saturated heterocycles. The van der Waals surface area contributed by atoms with Crippen LogP contribution in [-0.4, -0.2) is 44.0 Å². The zero-order chi connectivity index (χ0) is 19.8.